The summed E-state index contributed by atoms with van der Waals surface area (Å²) in [5.41, 5.74) is 0.794. The van der Waals surface area contributed by atoms with Crippen molar-refractivity contribution < 1.29 is 9.53 Å². The highest BCUT2D eigenvalue weighted by atomic mass is 35.5. The maximum atomic E-state index is 12.5. The smallest absolute Gasteiger partial charge is 0.255 e. The number of thiol groups is 1. The molecule has 0 atom stereocenters. The molecule has 1 saturated carbocycles. The van der Waals surface area contributed by atoms with Gasteiger partial charge >= 0.3 is 0 Å². The molecule has 1 aromatic carbocycles. The van der Waals surface area contributed by atoms with Crippen LogP contribution in [0, 0.1) is 5.92 Å². The Labute approximate surface area is 159 Å². The molecule has 8 heteroatoms. The minimum atomic E-state index is -0.322. The number of hydrogen-bond donors (Lipinski definition) is 2. The number of pyridine rings is 1. The van der Waals surface area contributed by atoms with E-state index >= 15 is 0 Å². The predicted molar refractivity (Wildman–Crippen MR) is 102 cm³/mol. The van der Waals surface area contributed by atoms with Gasteiger partial charge in [0.2, 0.25) is 0 Å². The number of nitrogens with zero attached hydrogens (tertiary/aromatic N) is 1. The van der Waals surface area contributed by atoms with Gasteiger partial charge in [-0.3, -0.25) is 9.78 Å². The molecule has 0 bridgehead atoms. The number of carbonyl (C=O) groups excluding carboxylic acids is 1. The molecule has 3 rings (SSSR count). The molecular weight excluding hydrogens is 387 g/mol. The summed E-state index contributed by atoms with van der Waals surface area (Å²) in [6, 6.07) is 5.23. The van der Waals surface area contributed by atoms with Gasteiger partial charge in [-0.05, 0) is 37.0 Å². The van der Waals surface area contributed by atoms with E-state index in [9.17, 15) is 4.79 Å². The Bertz CT molecular complexity index is 749. The molecule has 126 valence electrons. The van der Waals surface area contributed by atoms with Gasteiger partial charge in [0.15, 0.2) is 0 Å². The van der Waals surface area contributed by atoms with E-state index in [-0.39, 0.29) is 16.0 Å². The molecule has 24 heavy (non-hydrogen) atoms. The van der Waals surface area contributed by atoms with Crippen LogP contribution in [-0.2, 0) is 0 Å². The minimum Gasteiger partial charge on any atom is -0.492 e. The van der Waals surface area contributed by atoms with Crippen molar-refractivity contribution in [3.05, 3.63) is 46.2 Å². The third kappa shape index (κ3) is 4.30. The van der Waals surface area contributed by atoms with Gasteiger partial charge in [-0.2, -0.15) is 0 Å². The molecule has 1 heterocycles. The Hall–Kier alpha value is -1.08. The molecule has 0 saturated heterocycles. The average molecular weight is 401 g/mol. The number of rotatable bonds is 6. The number of benzene rings is 1. The van der Waals surface area contributed by atoms with Crippen molar-refractivity contribution in [2.24, 2.45) is 5.92 Å². The van der Waals surface area contributed by atoms with Gasteiger partial charge in [-0.25, -0.2) is 0 Å². The van der Waals surface area contributed by atoms with Crippen LogP contribution in [0.15, 0.2) is 35.5 Å². The lowest BCUT2D eigenvalue weighted by atomic mass is 10.2. The van der Waals surface area contributed by atoms with Crippen LogP contribution in [0.3, 0.4) is 0 Å². The molecule has 1 fully saturated rings. The van der Waals surface area contributed by atoms with Gasteiger partial charge in [0, 0.05) is 18.0 Å². The van der Waals surface area contributed by atoms with Gasteiger partial charge in [0.1, 0.15) is 5.75 Å². The first-order chi connectivity index (χ1) is 11.6. The summed E-state index contributed by atoms with van der Waals surface area (Å²) in [4.78, 5) is 17.2. The van der Waals surface area contributed by atoms with Gasteiger partial charge in [-0.1, -0.05) is 34.0 Å². The van der Waals surface area contributed by atoms with E-state index in [0.29, 0.717) is 29.5 Å². The molecule has 4 nitrogen and oxygen atoms in total. The minimum absolute atomic E-state index is 0.281. The average Bonchev–Trinajstić information content (AvgIpc) is 3.40. The zero-order valence-electron chi connectivity index (χ0n) is 12.5. The van der Waals surface area contributed by atoms with Gasteiger partial charge in [0.05, 0.1) is 27.2 Å². The molecule has 1 aliphatic rings. The summed E-state index contributed by atoms with van der Waals surface area (Å²) in [5.74, 6) is 0.952. The Balaban J connectivity index is 1.79. The number of nitrogens with one attached hydrogen (secondary N) is 1. The van der Waals surface area contributed by atoms with Crippen molar-refractivity contribution in [1.82, 2.24) is 4.98 Å². The predicted octanol–water partition coefficient (Wildman–Crippen LogP) is 5.37. The van der Waals surface area contributed by atoms with Crippen molar-refractivity contribution in [2.45, 2.75) is 17.7 Å². The van der Waals surface area contributed by atoms with Crippen LogP contribution in [0.4, 0.5) is 5.69 Å². The Morgan fingerprint density at radius 2 is 2.04 bits per heavy atom. The van der Waals surface area contributed by atoms with Gasteiger partial charge < -0.3 is 10.1 Å². The zero-order chi connectivity index (χ0) is 17.1. The van der Waals surface area contributed by atoms with Crippen molar-refractivity contribution in [3.8, 4) is 5.75 Å². The topological polar surface area (TPSA) is 51.2 Å². The molecule has 1 aromatic heterocycles. The van der Waals surface area contributed by atoms with E-state index < -0.39 is 0 Å². The molecule has 1 N–H and O–H groups in total. The van der Waals surface area contributed by atoms with Crippen LogP contribution in [0.25, 0.3) is 0 Å². The first-order valence-corrected chi connectivity index (χ1v) is 9.89. The summed E-state index contributed by atoms with van der Waals surface area (Å²) < 4.78 is 5.83. The van der Waals surface area contributed by atoms with Gasteiger partial charge in [0.25, 0.3) is 5.91 Å². The Kier molecular flexibility index (Phi) is 5.81. The largest absolute Gasteiger partial charge is 0.492 e. The van der Waals surface area contributed by atoms with Crippen LogP contribution in [0.2, 0.25) is 10.0 Å². The van der Waals surface area contributed by atoms with Crippen molar-refractivity contribution in [1.29, 1.82) is 0 Å². The number of amides is 1. The summed E-state index contributed by atoms with van der Waals surface area (Å²) in [7, 11) is 1.28. The van der Waals surface area contributed by atoms with Crippen LogP contribution in [-0.4, -0.2) is 17.5 Å². The van der Waals surface area contributed by atoms with Crippen molar-refractivity contribution >= 4 is 57.3 Å². The maximum Gasteiger partial charge on any atom is 0.255 e. The highest BCUT2D eigenvalue weighted by Gasteiger charge is 2.23. The summed E-state index contributed by atoms with van der Waals surface area (Å²) in [5, 5.41) is 3.27. The molecule has 0 unspecified atom stereocenters. The number of ether oxygens (including phenoxy) is 1. The molecular formula is C16H14Cl2N2O2S2. The fourth-order valence-corrected chi connectivity index (χ4v) is 3.29. The molecule has 0 radical (unpaired) electrons. The second-order valence-corrected chi connectivity index (χ2v) is 7.42. The monoisotopic (exact) mass is 400 g/mol. The number of aromatic nitrogens is 1. The van der Waals surface area contributed by atoms with Crippen molar-refractivity contribution in [2.75, 3.05) is 11.9 Å². The third-order valence-electron chi connectivity index (χ3n) is 3.57. The highest BCUT2D eigenvalue weighted by Crippen LogP contribution is 2.36. The van der Waals surface area contributed by atoms with E-state index in [1.807, 2.05) is 6.07 Å². The third-order valence-corrected chi connectivity index (χ3v) is 5.26. The quantitative estimate of drug-likeness (QED) is 0.505. The number of hydrogen-bond acceptors (Lipinski definition) is 5. The fraction of sp³-hybridized carbons (Fsp3) is 0.250. The van der Waals surface area contributed by atoms with Crippen LogP contribution in [0.5, 0.6) is 5.75 Å². The van der Waals surface area contributed by atoms with Crippen molar-refractivity contribution in [3.63, 3.8) is 0 Å². The molecule has 0 aliphatic heterocycles. The first-order valence-electron chi connectivity index (χ1n) is 7.27. The first kappa shape index (κ1) is 17.7. The lowest BCUT2D eigenvalue weighted by Crippen LogP contribution is -2.13. The van der Waals surface area contributed by atoms with E-state index in [2.05, 4.69) is 22.0 Å². The van der Waals surface area contributed by atoms with E-state index in [0.717, 1.165) is 4.90 Å². The molecule has 2 aromatic rings. The standard InChI is InChI=1S/C16H14Cl2N2O2S2/c17-11-6-19-7-12(18)15(11)20-16(21)10-3-4-14(24-23)13(5-10)22-8-9-1-2-9/h3-7,9,23H,1-2,8H2,(H,19,20,21). The fourth-order valence-electron chi connectivity index (χ4n) is 2.05. The SMILES string of the molecule is O=C(Nc1c(Cl)cncc1Cl)c1ccc(SS)c(OCC2CC2)c1. The number of carbonyl (C=O) groups is 1. The van der Waals surface area contributed by atoms with E-state index in [4.69, 9.17) is 27.9 Å². The summed E-state index contributed by atoms with van der Waals surface area (Å²) in [6.07, 6.45) is 5.24. The molecule has 1 amide bonds. The van der Waals surface area contributed by atoms with E-state index in [1.54, 1.807) is 12.1 Å². The molecule has 1 aliphatic carbocycles. The second kappa shape index (κ2) is 7.87. The summed E-state index contributed by atoms with van der Waals surface area (Å²) >= 11 is 16.3. The van der Waals surface area contributed by atoms with Crippen LogP contribution < -0.4 is 10.1 Å². The normalized spacial score (nSPS) is 13.6. The lowest BCUT2D eigenvalue weighted by Gasteiger charge is -2.12. The Morgan fingerprint density at radius 1 is 1.33 bits per heavy atom. The Morgan fingerprint density at radius 3 is 2.67 bits per heavy atom. The second-order valence-electron chi connectivity index (χ2n) is 5.44. The van der Waals surface area contributed by atoms with Gasteiger partial charge in [-0.15, -0.1) is 11.7 Å². The maximum absolute atomic E-state index is 12.5. The number of anilines is 1. The number of halogens is 2. The lowest BCUT2D eigenvalue weighted by molar-refractivity contribution is 0.102. The summed E-state index contributed by atoms with van der Waals surface area (Å²) in [6.45, 7) is 0.661. The molecule has 0 spiro atoms. The van der Waals surface area contributed by atoms with Crippen LogP contribution in [0.1, 0.15) is 23.2 Å². The van der Waals surface area contributed by atoms with E-state index in [1.165, 1.54) is 36.0 Å². The highest BCUT2D eigenvalue weighted by molar-refractivity contribution is 8.68. The zero-order valence-corrected chi connectivity index (χ0v) is 15.7. The van der Waals surface area contributed by atoms with Crippen LogP contribution >= 0.6 is 45.7 Å².